The molecule has 0 fully saturated rings. The fraction of sp³-hybridized carbons (Fsp3) is 0.0833. The summed E-state index contributed by atoms with van der Waals surface area (Å²) in [5, 5.41) is 3.18. The highest BCUT2D eigenvalue weighted by molar-refractivity contribution is 9.11. The molecule has 5 heteroatoms. The number of oxazole rings is 1. The maximum absolute atomic E-state index is 5.57. The lowest BCUT2D eigenvalue weighted by Gasteiger charge is -1.97. The number of thiophene rings is 1. The van der Waals surface area contributed by atoms with Gasteiger partial charge in [-0.05, 0) is 40.2 Å². The molecule has 0 saturated carbocycles. The van der Waals surface area contributed by atoms with Crippen LogP contribution >= 0.6 is 27.3 Å². The first-order valence-electron chi connectivity index (χ1n) is 5.15. The molecule has 0 radical (unpaired) electrons. The average Bonchev–Trinajstić information content (AvgIpc) is 2.91. The van der Waals surface area contributed by atoms with Gasteiger partial charge in [-0.2, -0.15) is 4.98 Å². The summed E-state index contributed by atoms with van der Waals surface area (Å²) in [5.74, 6) is 0. The number of rotatable bonds is 3. The van der Waals surface area contributed by atoms with Crippen LogP contribution in [0.1, 0.15) is 4.88 Å². The van der Waals surface area contributed by atoms with Crippen LogP contribution in [0.15, 0.2) is 44.6 Å². The Hall–Kier alpha value is -1.33. The van der Waals surface area contributed by atoms with Crippen molar-refractivity contribution in [3.63, 3.8) is 0 Å². The Bertz CT molecular complexity index is 614. The van der Waals surface area contributed by atoms with Crippen LogP contribution in [-0.2, 0) is 6.54 Å². The van der Waals surface area contributed by atoms with Crippen LogP contribution in [0.4, 0.5) is 6.01 Å². The van der Waals surface area contributed by atoms with Gasteiger partial charge in [0.25, 0.3) is 6.01 Å². The van der Waals surface area contributed by atoms with Crippen molar-refractivity contribution in [1.29, 1.82) is 0 Å². The van der Waals surface area contributed by atoms with E-state index in [9.17, 15) is 0 Å². The molecule has 17 heavy (non-hydrogen) atoms. The molecule has 2 heterocycles. The fourth-order valence-electron chi connectivity index (χ4n) is 1.56. The molecule has 0 aliphatic heterocycles. The van der Waals surface area contributed by atoms with Gasteiger partial charge < -0.3 is 9.73 Å². The molecule has 1 N–H and O–H groups in total. The number of benzene rings is 1. The maximum atomic E-state index is 5.57. The number of halogens is 1. The van der Waals surface area contributed by atoms with Crippen LogP contribution in [0.3, 0.4) is 0 Å². The standard InChI is InChI=1S/C12H9BrN2OS/c13-11-6-5-8(17-11)7-14-12-15-9-3-1-2-4-10(9)16-12/h1-6H,7H2,(H,14,15). The van der Waals surface area contributed by atoms with Crippen LogP contribution in [-0.4, -0.2) is 4.98 Å². The van der Waals surface area contributed by atoms with Crippen LogP contribution in [0.2, 0.25) is 0 Å². The molecule has 0 spiro atoms. The Balaban J connectivity index is 1.76. The van der Waals surface area contributed by atoms with Crippen molar-refractivity contribution < 1.29 is 4.42 Å². The first kappa shape index (κ1) is 10.8. The highest BCUT2D eigenvalue weighted by atomic mass is 79.9. The van der Waals surface area contributed by atoms with Gasteiger partial charge in [-0.3, -0.25) is 0 Å². The van der Waals surface area contributed by atoms with Gasteiger partial charge >= 0.3 is 0 Å². The maximum Gasteiger partial charge on any atom is 0.295 e. The highest BCUT2D eigenvalue weighted by Gasteiger charge is 2.04. The molecule has 0 atom stereocenters. The van der Waals surface area contributed by atoms with Gasteiger partial charge in [0.15, 0.2) is 5.58 Å². The van der Waals surface area contributed by atoms with E-state index in [1.165, 1.54) is 4.88 Å². The van der Waals surface area contributed by atoms with E-state index in [0.29, 0.717) is 6.01 Å². The number of hydrogen-bond acceptors (Lipinski definition) is 4. The predicted octanol–water partition coefficient (Wildman–Crippen LogP) is 4.26. The topological polar surface area (TPSA) is 38.1 Å². The number of fused-ring (bicyclic) bond motifs is 1. The Labute approximate surface area is 111 Å². The Kier molecular flexibility index (Phi) is 2.86. The van der Waals surface area contributed by atoms with E-state index in [-0.39, 0.29) is 0 Å². The summed E-state index contributed by atoms with van der Waals surface area (Å²) in [5.41, 5.74) is 1.68. The molecule has 3 rings (SSSR count). The summed E-state index contributed by atoms with van der Waals surface area (Å²) in [7, 11) is 0. The van der Waals surface area contributed by atoms with Gasteiger partial charge in [-0.15, -0.1) is 11.3 Å². The molecule has 0 saturated heterocycles. The van der Waals surface area contributed by atoms with Crippen molar-refractivity contribution in [2.75, 3.05) is 5.32 Å². The third kappa shape index (κ3) is 2.35. The van der Waals surface area contributed by atoms with E-state index >= 15 is 0 Å². The molecule has 0 aliphatic carbocycles. The smallest absolute Gasteiger partial charge is 0.295 e. The first-order chi connectivity index (χ1) is 8.31. The molecular weight excluding hydrogens is 300 g/mol. The summed E-state index contributed by atoms with van der Waals surface area (Å²) in [4.78, 5) is 5.59. The molecule has 1 aromatic carbocycles. The zero-order chi connectivity index (χ0) is 11.7. The van der Waals surface area contributed by atoms with Crippen molar-refractivity contribution >= 4 is 44.4 Å². The number of nitrogens with one attached hydrogen (secondary N) is 1. The van der Waals surface area contributed by atoms with Gasteiger partial charge in [-0.25, -0.2) is 0 Å². The second-order valence-electron chi connectivity index (χ2n) is 3.55. The molecule has 0 aliphatic rings. The second-order valence-corrected chi connectivity index (χ2v) is 6.09. The van der Waals surface area contributed by atoms with Gasteiger partial charge in [0.1, 0.15) is 5.52 Å². The Morgan fingerprint density at radius 2 is 2.12 bits per heavy atom. The zero-order valence-electron chi connectivity index (χ0n) is 8.81. The lowest BCUT2D eigenvalue weighted by Crippen LogP contribution is -1.96. The Morgan fingerprint density at radius 1 is 1.24 bits per heavy atom. The van der Waals surface area contributed by atoms with Crippen molar-refractivity contribution in [3.05, 3.63) is 45.1 Å². The lowest BCUT2D eigenvalue weighted by molar-refractivity contribution is 0.615. The van der Waals surface area contributed by atoms with Crippen LogP contribution in [0, 0.1) is 0 Å². The molecule has 2 aromatic heterocycles. The Morgan fingerprint density at radius 3 is 2.88 bits per heavy atom. The minimum Gasteiger partial charge on any atom is -0.424 e. The fourth-order valence-corrected chi connectivity index (χ4v) is 2.98. The molecule has 3 aromatic rings. The van der Waals surface area contributed by atoms with Gasteiger partial charge in [0, 0.05) is 4.88 Å². The molecule has 86 valence electrons. The zero-order valence-corrected chi connectivity index (χ0v) is 11.2. The molecular formula is C12H9BrN2OS. The second kappa shape index (κ2) is 4.50. The summed E-state index contributed by atoms with van der Waals surface area (Å²) in [6, 6.07) is 12.4. The highest BCUT2D eigenvalue weighted by Crippen LogP contribution is 2.23. The van der Waals surface area contributed by atoms with E-state index in [4.69, 9.17) is 4.42 Å². The number of para-hydroxylation sites is 2. The largest absolute Gasteiger partial charge is 0.424 e. The minimum absolute atomic E-state index is 0.565. The van der Waals surface area contributed by atoms with E-state index in [1.54, 1.807) is 11.3 Å². The predicted molar refractivity (Wildman–Crippen MR) is 73.4 cm³/mol. The number of nitrogens with zero attached hydrogens (tertiary/aromatic N) is 1. The summed E-state index contributed by atoms with van der Waals surface area (Å²) >= 11 is 5.14. The normalized spacial score (nSPS) is 10.9. The minimum atomic E-state index is 0.565. The van der Waals surface area contributed by atoms with E-state index < -0.39 is 0 Å². The average molecular weight is 309 g/mol. The van der Waals surface area contributed by atoms with Crippen LogP contribution in [0.25, 0.3) is 11.1 Å². The number of aromatic nitrogens is 1. The molecule has 0 amide bonds. The van der Waals surface area contributed by atoms with E-state index in [2.05, 4.69) is 32.3 Å². The molecule has 0 unspecified atom stereocenters. The SMILES string of the molecule is Brc1ccc(CNc2nc3ccccc3o2)s1. The number of anilines is 1. The number of hydrogen-bond donors (Lipinski definition) is 1. The monoisotopic (exact) mass is 308 g/mol. The van der Waals surface area contributed by atoms with Crippen LogP contribution in [0.5, 0.6) is 0 Å². The third-order valence-electron chi connectivity index (χ3n) is 2.34. The van der Waals surface area contributed by atoms with Crippen molar-refractivity contribution in [2.24, 2.45) is 0 Å². The summed E-state index contributed by atoms with van der Waals surface area (Å²) < 4.78 is 6.70. The van der Waals surface area contributed by atoms with E-state index in [1.807, 2.05) is 30.3 Å². The van der Waals surface area contributed by atoms with Gasteiger partial charge in [0.05, 0.1) is 10.3 Å². The third-order valence-corrected chi connectivity index (χ3v) is 3.96. The molecule has 0 bridgehead atoms. The molecule has 3 nitrogen and oxygen atoms in total. The van der Waals surface area contributed by atoms with E-state index in [0.717, 1.165) is 21.4 Å². The summed E-state index contributed by atoms with van der Waals surface area (Å²) in [6.45, 7) is 0.725. The van der Waals surface area contributed by atoms with Crippen LogP contribution < -0.4 is 5.32 Å². The van der Waals surface area contributed by atoms with Crippen molar-refractivity contribution in [1.82, 2.24) is 4.98 Å². The quantitative estimate of drug-likeness (QED) is 0.785. The van der Waals surface area contributed by atoms with Gasteiger partial charge in [0.2, 0.25) is 0 Å². The van der Waals surface area contributed by atoms with Crippen molar-refractivity contribution in [2.45, 2.75) is 6.54 Å². The van der Waals surface area contributed by atoms with Gasteiger partial charge in [-0.1, -0.05) is 12.1 Å². The van der Waals surface area contributed by atoms with Crippen molar-refractivity contribution in [3.8, 4) is 0 Å². The lowest BCUT2D eigenvalue weighted by atomic mass is 10.3. The first-order valence-corrected chi connectivity index (χ1v) is 6.76. The summed E-state index contributed by atoms with van der Waals surface area (Å²) in [6.07, 6.45) is 0.